The van der Waals surface area contributed by atoms with Crippen LogP contribution in [0.5, 0.6) is 23.0 Å². The van der Waals surface area contributed by atoms with Gasteiger partial charge in [0.1, 0.15) is 11.5 Å². The van der Waals surface area contributed by atoms with E-state index in [-0.39, 0.29) is 45.8 Å². The number of phenolic OH excluding ortho intramolecular Hbond substituents is 3. The van der Waals surface area contributed by atoms with Crippen molar-refractivity contribution >= 4 is 30.0 Å². The molecule has 0 spiro atoms. The molecule has 0 fully saturated rings. The first kappa shape index (κ1) is 47.3. The van der Waals surface area contributed by atoms with Crippen LogP contribution in [0.3, 0.4) is 0 Å². The zero-order valence-electron chi connectivity index (χ0n) is 32.4. The van der Waals surface area contributed by atoms with E-state index in [0.717, 1.165) is 47.5 Å². The van der Waals surface area contributed by atoms with Gasteiger partial charge >= 0.3 is 57.9 Å². The summed E-state index contributed by atoms with van der Waals surface area (Å²) in [7, 11) is 2.39. The summed E-state index contributed by atoms with van der Waals surface area (Å²) in [6.07, 6.45) is 10.7. The van der Waals surface area contributed by atoms with Gasteiger partial charge in [-0.1, -0.05) is 59.7 Å². The van der Waals surface area contributed by atoms with Crippen LogP contribution < -0.4 is 39.4 Å². The van der Waals surface area contributed by atoms with Crippen LogP contribution in [-0.4, -0.2) is 29.5 Å². The van der Waals surface area contributed by atoms with Gasteiger partial charge in [0.15, 0.2) is 11.5 Å². The molecule has 3 aliphatic rings. The van der Waals surface area contributed by atoms with Crippen LogP contribution in [0.1, 0.15) is 130 Å². The normalized spacial score (nSPS) is 17.0. The number of rotatable bonds is 1. The Bertz CT molecular complexity index is 1590. The van der Waals surface area contributed by atoms with E-state index in [2.05, 4.69) is 104 Å². The van der Waals surface area contributed by atoms with E-state index in [0.29, 0.717) is 23.0 Å². The van der Waals surface area contributed by atoms with Crippen molar-refractivity contribution in [3.8, 4) is 23.0 Å². The van der Waals surface area contributed by atoms with Gasteiger partial charge < -0.3 is 25.2 Å². The molecule has 3 N–H and O–H groups in total. The first-order valence-electron chi connectivity index (χ1n) is 17.2. The summed E-state index contributed by atoms with van der Waals surface area (Å²) in [5, 5.41) is 38.0. The smallest absolute Gasteiger partial charge is 1.00 e. The molecule has 6 rings (SSSR count). The van der Waals surface area contributed by atoms with Crippen molar-refractivity contribution in [2.75, 3.05) is 14.2 Å². The Hall–Kier alpha value is -0.701. The molecule has 9 heteroatoms. The molecule has 0 saturated heterocycles. The molecule has 0 saturated carbocycles. The number of hydrogen-bond acceptors (Lipinski definition) is 5. The molecule has 3 aliphatic carbocycles. The molecule has 3 aromatic rings. The third-order valence-corrected chi connectivity index (χ3v) is 11.3. The molecule has 278 valence electrons. The number of hydrogen-bond donors (Lipinski definition) is 3. The summed E-state index contributed by atoms with van der Waals surface area (Å²) in [6.45, 7) is 19.3. The van der Waals surface area contributed by atoms with Gasteiger partial charge in [-0.25, -0.2) is 0 Å². The molecule has 3 aromatic carbocycles. The fourth-order valence-electron chi connectivity index (χ4n) is 7.89. The summed E-state index contributed by atoms with van der Waals surface area (Å²) < 4.78 is 6.31. The Balaban J connectivity index is 0.000000354. The second-order valence-corrected chi connectivity index (χ2v) is 16.3. The quantitative estimate of drug-likeness (QED) is 0.220. The van der Waals surface area contributed by atoms with Gasteiger partial charge in [-0.2, -0.15) is 7.11 Å². The number of ether oxygens (including phenoxy) is 1. The van der Waals surface area contributed by atoms with Crippen molar-refractivity contribution in [1.82, 2.24) is 0 Å². The Morgan fingerprint density at radius 3 is 1.54 bits per heavy atom. The zero-order valence-corrected chi connectivity index (χ0v) is 38.5. The summed E-state index contributed by atoms with van der Waals surface area (Å²) in [6, 6.07) is 8.35. The predicted octanol–water partition coefficient (Wildman–Crippen LogP) is 7.54. The molecule has 0 bridgehead atoms. The van der Waals surface area contributed by atoms with Crippen molar-refractivity contribution in [2.45, 2.75) is 136 Å². The molecule has 0 heterocycles. The standard InChI is InChI=1S/C14H20O2.C13H17BrO.C13H18O.CH3O.BrH.Cu.Na/c1-9-8-10-6-5-7-14(2,3)11(10)13(16-4)12(9)15;1-8-7-9-5-4-6-13(2,3)10(9)11(14)12(8)15;1-9-7-10-5-4-6-13(2,3)11(10)8-12(9)14;1-2;;;/h8,15H,5-7H2,1-4H3;7,15H,4-6H2,1-3H3;7-8,14H,4-6H2,1-3H3;1H3;1H;;/q;;;-1;;2*+1/p-1. The van der Waals surface area contributed by atoms with Gasteiger partial charge in [0.2, 0.25) is 0 Å². The van der Waals surface area contributed by atoms with Gasteiger partial charge in [-0.15, -0.1) is 0 Å². The van der Waals surface area contributed by atoms with Crippen molar-refractivity contribution < 1.29 is 68.9 Å². The minimum absolute atomic E-state index is 0. The van der Waals surface area contributed by atoms with Crippen LogP contribution in [0.2, 0.25) is 0 Å². The van der Waals surface area contributed by atoms with E-state index in [1.54, 1.807) is 7.11 Å². The maximum Gasteiger partial charge on any atom is 1.00 e. The number of aryl methyl sites for hydroxylation is 6. The molecule has 0 amide bonds. The van der Waals surface area contributed by atoms with Gasteiger partial charge in [0.05, 0.1) is 11.6 Å². The van der Waals surface area contributed by atoms with Gasteiger partial charge in [-0.3, -0.25) is 0 Å². The maximum atomic E-state index is 10.1. The number of fused-ring (bicyclic) bond motifs is 3. The number of benzene rings is 3. The number of phenols is 3. The fourth-order valence-corrected chi connectivity index (χ4v) is 8.99. The largest absolute Gasteiger partial charge is 1.00 e. The third kappa shape index (κ3) is 10.9. The van der Waals surface area contributed by atoms with E-state index < -0.39 is 0 Å². The van der Waals surface area contributed by atoms with Gasteiger partial charge in [0.25, 0.3) is 0 Å². The minimum Gasteiger partial charge on any atom is 1.00 e. The minimum atomic E-state index is 0. The van der Waals surface area contributed by atoms with E-state index in [1.807, 2.05) is 26.8 Å². The van der Waals surface area contributed by atoms with Crippen LogP contribution >= 0.6 is 30.0 Å². The summed E-state index contributed by atoms with van der Waals surface area (Å²) >= 11 is 10.0. The fraction of sp³-hybridized carbons (Fsp3) is 0.561. The number of halogens is 2. The second kappa shape index (κ2) is 20.1. The van der Waals surface area contributed by atoms with E-state index in [9.17, 15) is 15.3 Å². The van der Waals surface area contributed by atoms with Crippen LogP contribution in [0.25, 0.3) is 0 Å². The van der Waals surface area contributed by atoms with Crippen LogP contribution in [0, 0.1) is 20.8 Å². The monoisotopic (exact) mass is 874 g/mol. The Morgan fingerprint density at radius 1 is 0.640 bits per heavy atom. The Labute approximate surface area is 348 Å². The molecule has 5 nitrogen and oxygen atoms in total. The molecular formula is C41H58Br2CuNaO5. The van der Waals surface area contributed by atoms with Crippen molar-refractivity contribution in [2.24, 2.45) is 0 Å². The SMILES string of the molecule is COc1c(O)c(C)cc2c1C(C)(C)CCC2.C[O-].Cc1cc2c(c(Br)c1O)C(C)(C)CCC2.Cc1cc2c(cc1O)C(C)(C)CCC2.[Cu][Br].[Na+]. The summed E-state index contributed by atoms with van der Waals surface area (Å²) in [5.74, 6) is 1.83. The third-order valence-electron chi connectivity index (χ3n) is 10.5. The average Bonchev–Trinajstić information content (AvgIpc) is 3.04. The number of methoxy groups -OCH3 is 1. The Morgan fingerprint density at radius 2 is 1.04 bits per heavy atom. The first-order valence-corrected chi connectivity index (χ1v) is 20.3. The van der Waals surface area contributed by atoms with Crippen molar-refractivity contribution in [3.05, 3.63) is 78.8 Å². The maximum absolute atomic E-state index is 10.1. The van der Waals surface area contributed by atoms with Crippen LogP contribution in [0.4, 0.5) is 0 Å². The predicted molar refractivity (Wildman–Crippen MR) is 206 cm³/mol. The van der Waals surface area contributed by atoms with Gasteiger partial charge in [0, 0.05) is 5.56 Å². The summed E-state index contributed by atoms with van der Waals surface area (Å²) in [5.41, 5.74) is 11.4. The molecule has 0 aliphatic heterocycles. The van der Waals surface area contributed by atoms with Gasteiger partial charge in [-0.05, 0) is 161 Å². The van der Waals surface area contributed by atoms with Crippen molar-refractivity contribution in [1.29, 1.82) is 0 Å². The second-order valence-electron chi connectivity index (χ2n) is 15.5. The van der Waals surface area contributed by atoms with E-state index >= 15 is 0 Å². The van der Waals surface area contributed by atoms with Crippen molar-refractivity contribution in [3.63, 3.8) is 0 Å². The molecule has 0 atom stereocenters. The molecule has 50 heavy (non-hydrogen) atoms. The average molecular weight is 877 g/mol. The first-order chi connectivity index (χ1) is 22.9. The van der Waals surface area contributed by atoms with Crippen LogP contribution in [0.15, 0.2) is 28.7 Å². The summed E-state index contributed by atoms with van der Waals surface area (Å²) in [4.78, 5) is 0. The number of aromatic hydroxyl groups is 3. The van der Waals surface area contributed by atoms with E-state index in [1.165, 1.54) is 71.9 Å². The molecule has 0 unspecified atom stereocenters. The molecular weight excluding hydrogens is 819 g/mol. The van der Waals surface area contributed by atoms with E-state index in [4.69, 9.17) is 9.84 Å². The van der Waals surface area contributed by atoms with Crippen LogP contribution in [-0.2, 0) is 49.7 Å². The molecule has 0 radical (unpaired) electrons. The zero-order chi connectivity index (χ0) is 37.5. The Kier molecular flexibility index (Phi) is 19.0. The molecule has 0 aromatic heterocycles. The topological polar surface area (TPSA) is 93.0 Å².